The summed E-state index contributed by atoms with van der Waals surface area (Å²) in [5, 5.41) is 2.77. The molecule has 0 radical (unpaired) electrons. The zero-order valence-corrected chi connectivity index (χ0v) is 20.3. The lowest BCUT2D eigenvalue weighted by Gasteiger charge is -2.19. The molecule has 1 amide bonds. The minimum absolute atomic E-state index is 0.00654. The largest absolute Gasteiger partial charge is 0.452 e. The zero-order valence-electron chi connectivity index (χ0n) is 18.7. The topological polar surface area (TPSA) is 92.8 Å². The third-order valence-electron chi connectivity index (χ3n) is 5.20. The van der Waals surface area contributed by atoms with Crippen molar-refractivity contribution in [1.82, 2.24) is 4.31 Å². The zero-order chi connectivity index (χ0) is 23.9. The molecule has 0 aliphatic heterocycles. The highest BCUT2D eigenvalue weighted by Crippen LogP contribution is 2.27. The Morgan fingerprint density at radius 2 is 1.75 bits per heavy atom. The van der Waals surface area contributed by atoms with Crippen molar-refractivity contribution in [2.45, 2.75) is 44.9 Å². The van der Waals surface area contributed by atoms with Gasteiger partial charge in [0.1, 0.15) is 4.90 Å². The van der Waals surface area contributed by atoms with E-state index in [1.807, 2.05) is 18.2 Å². The first kappa shape index (κ1) is 25.8. The van der Waals surface area contributed by atoms with Gasteiger partial charge in [-0.15, -0.1) is 0 Å². The SMILES string of the molecule is CC[C@@H](C)c1ccccc1NC(=O)COC(=O)c1ccc(Cl)c(S(=O)(=O)N(CC)CC)c1. The van der Waals surface area contributed by atoms with Gasteiger partial charge in [0.05, 0.1) is 10.6 Å². The molecule has 0 aliphatic rings. The van der Waals surface area contributed by atoms with E-state index in [4.69, 9.17) is 16.3 Å². The van der Waals surface area contributed by atoms with E-state index in [1.165, 1.54) is 22.5 Å². The minimum atomic E-state index is -3.86. The second kappa shape index (κ2) is 11.4. The number of amides is 1. The third kappa shape index (κ3) is 6.09. The summed E-state index contributed by atoms with van der Waals surface area (Å²) < 4.78 is 31.9. The average molecular weight is 481 g/mol. The minimum Gasteiger partial charge on any atom is -0.452 e. The van der Waals surface area contributed by atoms with Crippen LogP contribution < -0.4 is 5.32 Å². The Labute approximate surface area is 194 Å². The summed E-state index contributed by atoms with van der Waals surface area (Å²) in [4.78, 5) is 24.6. The number of carbonyl (C=O) groups is 2. The van der Waals surface area contributed by atoms with Crippen LogP contribution >= 0.6 is 11.6 Å². The van der Waals surface area contributed by atoms with Gasteiger partial charge in [0, 0.05) is 18.8 Å². The van der Waals surface area contributed by atoms with Crippen LogP contribution in [0.5, 0.6) is 0 Å². The number of hydrogen-bond acceptors (Lipinski definition) is 5. The Morgan fingerprint density at radius 1 is 1.09 bits per heavy atom. The maximum Gasteiger partial charge on any atom is 0.338 e. The molecule has 0 unspecified atom stereocenters. The van der Waals surface area contributed by atoms with E-state index in [9.17, 15) is 18.0 Å². The Kier molecular flexibility index (Phi) is 9.24. The van der Waals surface area contributed by atoms with Crippen molar-refractivity contribution >= 4 is 39.2 Å². The van der Waals surface area contributed by atoms with Crippen molar-refractivity contribution in [3.8, 4) is 0 Å². The molecule has 1 N–H and O–H groups in total. The van der Waals surface area contributed by atoms with Crippen LogP contribution in [0.3, 0.4) is 0 Å². The summed E-state index contributed by atoms with van der Waals surface area (Å²) in [5.74, 6) is -1.05. The van der Waals surface area contributed by atoms with Gasteiger partial charge in [0.25, 0.3) is 5.91 Å². The fourth-order valence-electron chi connectivity index (χ4n) is 3.19. The summed E-state index contributed by atoms with van der Waals surface area (Å²) in [6, 6.07) is 11.3. The molecule has 2 aromatic rings. The highest BCUT2D eigenvalue weighted by Gasteiger charge is 2.26. The van der Waals surface area contributed by atoms with Crippen LogP contribution in [-0.2, 0) is 19.6 Å². The number of ether oxygens (including phenoxy) is 1. The second-order valence-corrected chi connectivity index (χ2v) is 9.57. The summed E-state index contributed by atoms with van der Waals surface area (Å²) in [7, 11) is -3.86. The molecule has 2 aromatic carbocycles. The van der Waals surface area contributed by atoms with Crippen molar-refractivity contribution in [3.05, 3.63) is 58.6 Å². The molecule has 0 saturated carbocycles. The smallest absolute Gasteiger partial charge is 0.338 e. The summed E-state index contributed by atoms with van der Waals surface area (Å²) >= 11 is 6.09. The van der Waals surface area contributed by atoms with E-state index < -0.39 is 28.5 Å². The van der Waals surface area contributed by atoms with Crippen molar-refractivity contribution in [2.24, 2.45) is 0 Å². The molecule has 9 heteroatoms. The molecule has 0 aromatic heterocycles. The van der Waals surface area contributed by atoms with Gasteiger partial charge < -0.3 is 10.1 Å². The van der Waals surface area contributed by atoms with Gasteiger partial charge in [-0.25, -0.2) is 13.2 Å². The lowest BCUT2D eigenvalue weighted by molar-refractivity contribution is -0.119. The van der Waals surface area contributed by atoms with Gasteiger partial charge in [-0.2, -0.15) is 4.31 Å². The molecule has 2 rings (SSSR count). The molecular formula is C23H29ClN2O5S. The predicted molar refractivity (Wildman–Crippen MR) is 126 cm³/mol. The summed E-state index contributed by atoms with van der Waals surface area (Å²) in [6.07, 6.45) is 0.914. The van der Waals surface area contributed by atoms with E-state index >= 15 is 0 Å². The molecule has 1 atom stereocenters. The number of hydrogen-bond donors (Lipinski definition) is 1. The lowest BCUT2D eigenvalue weighted by Crippen LogP contribution is -2.31. The van der Waals surface area contributed by atoms with Gasteiger partial charge in [-0.3, -0.25) is 4.79 Å². The van der Waals surface area contributed by atoms with Crippen LogP contribution in [-0.4, -0.2) is 44.3 Å². The highest BCUT2D eigenvalue weighted by atomic mass is 35.5. The number of carbonyl (C=O) groups excluding carboxylic acids is 2. The number of halogens is 1. The normalized spacial score (nSPS) is 12.4. The molecule has 174 valence electrons. The van der Waals surface area contributed by atoms with E-state index in [2.05, 4.69) is 19.2 Å². The number of nitrogens with one attached hydrogen (secondary N) is 1. The molecule has 0 heterocycles. The maximum atomic E-state index is 12.8. The number of benzene rings is 2. The first-order valence-corrected chi connectivity index (χ1v) is 12.3. The molecule has 0 fully saturated rings. The van der Waals surface area contributed by atoms with Crippen LogP contribution in [0.4, 0.5) is 5.69 Å². The molecular weight excluding hydrogens is 452 g/mol. The fraction of sp³-hybridized carbons (Fsp3) is 0.391. The predicted octanol–water partition coefficient (Wildman–Crippen LogP) is 4.68. The van der Waals surface area contributed by atoms with Crippen molar-refractivity contribution in [2.75, 3.05) is 25.0 Å². The van der Waals surface area contributed by atoms with Gasteiger partial charge >= 0.3 is 5.97 Å². The third-order valence-corrected chi connectivity index (χ3v) is 7.73. The van der Waals surface area contributed by atoms with Crippen LogP contribution in [0.2, 0.25) is 5.02 Å². The number of anilines is 1. The number of esters is 1. The van der Waals surface area contributed by atoms with Gasteiger partial charge in [-0.1, -0.05) is 57.5 Å². The van der Waals surface area contributed by atoms with Crippen LogP contribution in [0.15, 0.2) is 47.4 Å². The molecule has 7 nitrogen and oxygen atoms in total. The lowest BCUT2D eigenvalue weighted by atomic mass is 9.97. The Morgan fingerprint density at radius 3 is 2.38 bits per heavy atom. The van der Waals surface area contributed by atoms with Gasteiger partial charge in [-0.05, 0) is 42.2 Å². The van der Waals surface area contributed by atoms with Crippen LogP contribution in [0, 0.1) is 0 Å². The van der Waals surface area contributed by atoms with Crippen LogP contribution in [0.25, 0.3) is 0 Å². The van der Waals surface area contributed by atoms with Crippen molar-refractivity contribution in [3.63, 3.8) is 0 Å². The monoisotopic (exact) mass is 480 g/mol. The molecule has 0 spiro atoms. The molecule has 32 heavy (non-hydrogen) atoms. The number of nitrogens with zero attached hydrogens (tertiary/aromatic N) is 1. The van der Waals surface area contributed by atoms with E-state index in [0.717, 1.165) is 12.0 Å². The van der Waals surface area contributed by atoms with Crippen LogP contribution in [0.1, 0.15) is 56.0 Å². The van der Waals surface area contributed by atoms with E-state index in [-0.39, 0.29) is 34.5 Å². The Bertz CT molecular complexity index is 1070. The standard InChI is InChI=1S/C23H29ClN2O5S/c1-5-16(4)18-10-8-9-11-20(18)25-22(27)15-31-23(28)17-12-13-19(24)21(14-17)32(29,30)26(6-2)7-3/h8-14,16H,5-7,15H2,1-4H3,(H,25,27)/t16-/m1/s1. The average Bonchev–Trinajstić information content (AvgIpc) is 2.78. The van der Waals surface area contributed by atoms with E-state index in [1.54, 1.807) is 19.9 Å². The van der Waals surface area contributed by atoms with Gasteiger partial charge in [0.2, 0.25) is 10.0 Å². The summed E-state index contributed by atoms with van der Waals surface area (Å²) in [5.41, 5.74) is 1.66. The first-order valence-electron chi connectivity index (χ1n) is 10.5. The second-order valence-electron chi connectivity index (χ2n) is 7.26. The molecule has 0 bridgehead atoms. The number of sulfonamides is 1. The first-order chi connectivity index (χ1) is 15.1. The molecule has 0 aliphatic carbocycles. The van der Waals surface area contributed by atoms with Crippen molar-refractivity contribution in [1.29, 1.82) is 0 Å². The number of para-hydroxylation sites is 1. The summed E-state index contributed by atoms with van der Waals surface area (Å²) in [6.45, 7) is 7.58. The quantitative estimate of drug-likeness (QED) is 0.498. The van der Waals surface area contributed by atoms with Gasteiger partial charge in [0.15, 0.2) is 6.61 Å². The Hall–Kier alpha value is -2.42. The highest BCUT2D eigenvalue weighted by molar-refractivity contribution is 7.89. The van der Waals surface area contributed by atoms with E-state index in [0.29, 0.717) is 5.69 Å². The van der Waals surface area contributed by atoms with Crippen molar-refractivity contribution < 1.29 is 22.7 Å². The maximum absolute atomic E-state index is 12.8. The number of rotatable bonds is 10. The molecule has 0 saturated heterocycles. The fourth-order valence-corrected chi connectivity index (χ4v) is 5.15. The Balaban J connectivity index is 2.12.